The summed E-state index contributed by atoms with van der Waals surface area (Å²) in [5.41, 5.74) is 2.89. The van der Waals surface area contributed by atoms with Crippen LogP contribution in [0.1, 0.15) is 20.9 Å². The zero-order chi connectivity index (χ0) is 11.4. The van der Waals surface area contributed by atoms with Gasteiger partial charge < -0.3 is 5.32 Å². The van der Waals surface area contributed by atoms with E-state index < -0.39 is 0 Å². The number of hydrogen-bond donors (Lipinski definition) is 1. The van der Waals surface area contributed by atoms with Gasteiger partial charge in [-0.05, 0) is 60.8 Å². The zero-order valence-corrected chi connectivity index (χ0v) is 11.4. The van der Waals surface area contributed by atoms with Crippen LogP contribution in [0.3, 0.4) is 0 Å². The van der Waals surface area contributed by atoms with Crippen molar-refractivity contribution >= 4 is 22.7 Å². The quantitative estimate of drug-likeness (QED) is 0.798. The SMILES string of the molecule is Cc1cc(CCNCc2ccsc2)c(C)s1. The lowest BCUT2D eigenvalue weighted by Crippen LogP contribution is -2.16. The van der Waals surface area contributed by atoms with Gasteiger partial charge in [0.2, 0.25) is 0 Å². The fourth-order valence-electron chi connectivity index (χ4n) is 1.78. The van der Waals surface area contributed by atoms with Crippen LogP contribution in [0.15, 0.2) is 22.9 Å². The Bertz CT molecular complexity index is 429. The Morgan fingerprint density at radius 1 is 1.31 bits per heavy atom. The first-order chi connectivity index (χ1) is 7.75. The van der Waals surface area contributed by atoms with Crippen LogP contribution < -0.4 is 5.32 Å². The Morgan fingerprint density at radius 2 is 2.19 bits per heavy atom. The molecule has 1 N–H and O–H groups in total. The Labute approximate surface area is 105 Å². The maximum absolute atomic E-state index is 3.48. The predicted octanol–water partition coefficient (Wildman–Crippen LogP) is 3.76. The average molecular weight is 251 g/mol. The van der Waals surface area contributed by atoms with Crippen molar-refractivity contribution in [2.45, 2.75) is 26.8 Å². The second-order valence-electron chi connectivity index (χ2n) is 4.00. The lowest BCUT2D eigenvalue weighted by molar-refractivity contribution is 0.688. The van der Waals surface area contributed by atoms with Crippen LogP contribution in [0.4, 0.5) is 0 Å². The average Bonchev–Trinajstić information content (AvgIpc) is 2.84. The molecule has 0 unspecified atom stereocenters. The highest BCUT2D eigenvalue weighted by molar-refractivity contribution is 7.12. The molecule has 0 amide bonds. The summed E-state index contributed by atoms with van der Waals surface area (Å²) in [6, 6.07) is 4.49. The first kappa shape index (κ1) is 11.8. The molecule has 0 radical (unpaired) electrons. The zero-order valence-electron chi connectivity index (χ0n) is 9.75. The number of nitrogens with one attached hydrogen (secondary N) is 1. The van der Waals surface area contributed by atoms with Gasteiger partial charge in [0.1, 0.15) is 0 Å². The first-order valence-corrected chi connectivity index (χ1v) is 7.29. The van der Waals surface area contributed by atoms with Gasteiger partial charge in [0.25, 0.3) is 0 Å². The lowest BCUT2D eigenvalue weighted by atomic mass is 10.2. The van der Waals surface area contributed by atoms with Gasteiger partial charge in [0.15, 0.2) is 0 Å². The lowest BCUT2D eigenvalue weighted by Gasteiger charge is -2.02. The smallest absolute Gasteiger partial charge is 0.0213 e. The summed E-state index contributed by atoms with van der Waals surface area (Å²) in [6.07, 6.45) is 1.14. The van der Waals surface area contributed by atoms with E-state index in [1.165, 1.54) is 20.9 Å². The van der Waals surface area contributed by atoms with Crippen LogP contribution in [0.5, 0.6) is 0 Å². The maximum atomic E-state index is 3.48. The van der Waals surface area contributed by atoms with Gasteiger partial charge in [-0.3, -0.25) is 0 Å². The van der Waals surface area contributed by atoms with Gasteiger partial charge in [-0.15, -0.1) is 11.3 Å². The molecule has 0 bridgehead atoms. The highest BCUT2D eigenvalue weighted by Gasteiger charge is 2.02. The van der Waals surface area contributed by atoms with E-state index in [0.29, 0.717) is 0 Å². The summed E-state index contributed by atoms with van der Waals surface area (Å²) < 4.78 is 0. The second kappa shape index (κ2) is 5.62. The summed E-state index contributed by atoms with van der Waals surface area (Å²) in [7, 11) is 0. The van der Waals surface area contributed by atoms with Gasteiger partial charge >= 0.3 is 0 Å². The molecule has 0 saturated carbocycles. The van der Waals surface area contributed by atoms with Crippen molar-refractivity contribution < 1.29 is 0 Å². The van der Waals surface area contributed by atoms with Crippen LogP contribution >= 0.6 is 22.7 Å². The fourth-order valence-corrected chi connectivity index (χ4v) is 3.43. The molecule has 3 heteroatoms. The number of aryl methyl sites for hydroxylation is 2. The monoisotopic (exact) mass is 251 g/mol. The number of rotatable bonds is 5. The Hall–Kier alpha value is -0.640. The molecular formula is C13H17NS2. The molecule has 0 spiro atoms. The Morgan fingerprint density at radius 3 is 2.81 bits per heavy atom. The van der Waals surface area contributed by atoms with Crippen LogP contribution in [-0.4, -0.2) is 6.54 Å². The molecule has 0 aliphatic rings. The highest BCUT2D eigenvalue weighted by Crippen LogP contribution is 2.20. The van der Waals surface area contributed by atoms with Crippen molar-refractivity contribution in [1.82, 2.24) is 5.32 Å². The number of thiophene rings is 2. The highest BCUT2D eigenvalue weighted by atomic mass is 32.1. The van der Waals surface area contributed by atoms with Crippen LogP contribution in [0.25, 0.3) is 0 Å². The van der Waals surface area contributed by atoms with E-state index in [1.807, 2.05) is 11.3 Å². The van der Waals surface area contributed by atoms with E-state index in [9.17, 15) is 0 Å². The van der Waals surface area contributed by atoms with Crippen LogP contribution in [0, 0.1) is 13.8 Å². The van der Waals surface area contributed by atoms with Gasteiger partial charge in [-0.2, -0.15) is 11.3 Å². The van der Waals surface area contributed by atoms with Gasteiger partial charge in [-0.25, -0.2) is 0 Å². The topological polar surface area (TPSA) is 12.0 Å². The Balaban J connectivity index is 1.74. The van der Waals surface area contributed by atoms with Gasteiger partial charge in [0, 0.05) is 16.3 Å². The standard InChI is InChI=1S/C13H17NS2/c1-10-7-13(11(2)16-10)3-5-14-8-12-4-6-15-9-12/h4,6-7,9,14H,3,5,8H2,1-2H3. The minimum atomic E-state index is 0.992. The van der Waals surface area contributed by atoms with Crippen LogP contribution in [-0.2, 0) is 13.0 Å². The van der Waals surface area contributed by atoms with E-state index in [0.717, 1.165) is 19.5 Å². The maximum Gasteiger partial charge on any atom is 0.0213 e. The summed E-state index contributed by atoms with van der Waals surface area (Å²) in [6.45, 7) is 6.45. The minimum Gasteiger partial charge on any atom is -0.312 e. The fraction of sp³-hybridized carbons (Fsp3) is 0.385. The molecule has 0 fully saturated rings. The van der Waals surface area contributed by atoms with E-state index in [-0.39, 0.29) is 0 Å². The largest absolute Gasteiger partial charge is 0.312 e. The number of hydrogen-bond acceptors (Lipinski definition) is 3. The summed E-state index contributed by atoms with van der Waals surface area (Å²) in [5, 5.41) is 7.81. The first-order valence-electron chi connectivity index (χ1n) is 5.53. The molecule has 16 heavy (non-hydrogen) atoms. The molecule has 0 saturated heterocycles. The van der Waals surface area contributed by atoms with E-state index >= 15 is 0 Å². The second-order valence-corrected chi connectivity index (χ2v) is 6.24. The third kappa shape index (κ3) is 3.17. The van der Waals surface area contributed by atoms with E-state index in [4.69, 9.17) is 0 Å². The summed E-state index contributed by atoms with van der Waals surface area (Å²) >= 11 is 3.66. The van der Waals surface area contributed by atoms with Crippen LogP contribution in [0.2, 0.25) is 0 Å². The van der Waals surface area contributed by atoms with Crippen molar-refractivity contribution in [1.29, 1.82) is 0 Å². The normalized spacial score (nSPS) is 10.9. The minimum absolute atomic E-state index is 0.992. The molecule has 1 nitrogen and oxygen atoms in total. The third-order valence-electron chi connectivity index (χ3n) is 2.62. The van der Waals surface area contributed by atoms with Crippen molar-refractivity contribution in [2.24, 2.45) is 0 Å². The van der Waals surface area contributed by atoms with Crippen molar-refractivity contribution in [3.05, 3.63) is 43.8 Å². The van der Waals surface area contributed by atoms with Crippen molar-refractivity contribution in [3.63, 3.8) is 0 Å². The molecule has 2 aromatic rings. The molecule has 0 aliphatic heterocycles. The third-order valence-corrected chi connectivity index (χ3v) is 4.36. The summed E-state index contributed by atoms with van der Waals surface area (Å²) in [5.74, 6) is 0. The molecule has 0 aromatic carbocycles. The van der Waals surface area contributed by atoms with Gasteiger partial charge in [-0.1, -0.05) is 0 Å². The van der Waals surface area contributed by atoms with Crippen molar-refractivity contribution in [2.75, 3.05) is 6.54 Å². The summed E-state index contributed by atoms with van der Waals surface area (Å²) in [4.78, 5) is 2.89. The van der Waals surface area contributed by atoms with E-state index in [1.54, 1.807) is 11.3 Å². The molecular weight excluding hydrogens is 234 g/mol. The molecule has 0 atom stereocenters. The van der Waals surface area contributed by atoms with E-state index in [2.05, 4.69) is 42.1 Å². The molecule has 0 aliphatic carbocycles. The molecule has 2 heterocycles. The molecule has 86 valence electrons. The van der Waals surface area contributed by atoms with Gasteiger partial charge in [0.05, 0.1) is 0 Å². The Kier molecular flexibility index (Phi) is 4.16. The molecule has 2 rings (SSSR count). The predicted molar refractivity (Wildman–Crippen MR) is 73.5 cm³/mol. The van der Waals surface area contributed by atoms with Crippen molar-refractivity contribution in [3.8, 4) is 0 Å². The molecule has 2 aromatic heterocycles.